The molecule has 5 unspecified atom stereocenters. The van der Waals surface area contributed by atoms with Gasteiger partial charge in [0.2, 0.25) is 5.91 Å². The van der Waals surface area contributed by atoms with Crippen LogP contribution in [0.25, 0.3) is 0 Å². The quantitative estimate of drug-likeness (QED) is 0.198. The van der Waals surface area contributed by atoms with E-state index in [-0.39, 0.29) is 18.4 Å². The van der Waals surface area contributed by atoms with E-state index in [4.69, 9.17) is 5.11 Å². The summed E-state index contributed by atoms with van der Waals surface area (Å²) in [6.07, 6.45) is -4.49. The third-order valence-electron chi connectivity index (χ3n) is 3.57. The number of hydrogen-bond acceptors (Lipinski definition) is 7. The summed E-state index contributed by atoms with van der Waals surface area (Å²) in [4.78, 5) is 11.5. The van der Waals surface area contributed by atoms with Gasteiger partial charge in [-0.2, -0.15) is 0 Å². The molecule has 0 saturated carbocycles. The number of rotatable bonds is 12. The van der Waals surface area contributed by atoms with E-state index in [0.717, 1.165) is 6.42 Å². The minimum absolute atomic E-state index is 0.00984. The molecule has 0 aliphatic heterocycles. The fourth-order valence-electron chi connectivity index (χ4n) is 1.72. The van der Waals surface area contributed by atoms with E-state index in [1.54, 1.807) is 0 Å². The van der Waals surface area contributed by atoms with Crippen molar-refractivity contribution in [2.24, 2.45) is 5.92 Å². The third kappa shape index (κ3) is 8.02. The van der Waals surface area contributed by atoms with Crippen molar-refractivity contribution in [3.05, 3.63) is 0 Å². The minimum atomic E-state index is -1.61. The smallest absolute Gasteiger partial charge is 0.222 e. The lowest BCUT2D eigenvalue weighted by Crippen LogP contribution is -2.49. The second-order valence-corrected chi connectivity index (χ2v) is 5.46. The lowest BCUT2D eigenvalue weighted by atomic mass is 10.0. The first kappa shape index (κ1) is 21.2. The zero-order chi connectivity index (χ0) is 17.1. The van der Waals surface area contributed by atoms with Gasteiger partial charge < -0.3 is 36.2 Å². The molecule has 0 heterocycles. The molecule has 22 heavy (non-hydrogen) atoms. The van der Waals surface area contributed by atoms with Gasteiger partial charge in [-0.3, -0.25) is 4.79 Å². The van der Waals surface area contributed by atoms with Crippen LogP contribution in [0, 0.1) is 5.92 Å². The molecule has 7 N–H and O–H groups in total. The number of nitrogens with one attached hydrogen (secondary N) is 2. The maximum Gasteiger partial charge on any atom is 0.222 e. The molecule has 0 saturated heterocycles. The lowest BCUT2D eigenvalue weighted by molar-refractivity contribution is -0.124. The Labute approximate surface area is 131 Å². The molecule has 0 aliphatic carbocycles. The first-order valence-electron chi connectivity index (χ1n) is 7.66. The summed E-state index contributed by atoms with van der Waals surface area (Å²) in [7, 11) is 0. The summed E-state index contributed by atoms with van der Waals surface area (Å²) in [6, 6.07) is 0. The lowest BCUT2D eigenvalue weighted by Gasteiger charge is -2.25. The molecule has 0 fully saturated rings. The highest BCUT2D eigenvalue weighted by molar-refractivity contribution is 5.78. The number of aliphatic hydroxyl groups is 5. The summed E-state index contributed by atoms with van der Waals surface area (Å²) in [5.74, 6) is 0.00318. The second kappa shape index (κ2) is 11.8. The Morgan fingerprint density at radius 2 is 1.64 bits per heavy atom. The topological polar surface area (TPSA) is 142 Å². The van der Waals surface area contributed by atoms with Crippen LogP contribution in [-0.4, -0.2) is 82.1 Å². The van der Waals surface area contributed by atoms with Gasteiger partial charge in [0.1, 0.15) is 18.3 Å². The fourth-order valence-corrected chi connectivity index (χ4v) is 1.72. The average molecular weight is 322 g/mol. The van der Waals surface area contributed by atoms with E-state index in [0.29, 0.717) is 19.5 Å². The number of carbonyl (C=O) groups is 1. The van der Waals surface area contributed by atoms with Gasteiger partial charge >= 0.3 is 0 Å². The van der Waals surface area contributed by atoms with Gasteiger partial charge in [-0.05, 0) is 19.4 Å². The zero-order valence-corrected chi connectivity index (χ0v) is 13.3. The SMILES string of the molecule is CCC(C)C(=O)NCCCNCC(O)C(O)C(O)C(O)CO. The predicted octanol–water partition coefficient (Wildman–Crippen LogP) is -2.44. The highest BCUT2D eigenvalue weighted by Crippen LogP contribution is 2.04. The Kier molecular flexibility index (Phi) is 11.3. The van der Waals surface area contributed by atoms with Gasteiger partial charge in [0.05, 0.1) is 12.7 Å². The molecule has 0 aliphatic rings. The molecule has 0 aromatic rings. The highest BCUT2D eigenvalue weighted by atomic mass is 16.4. The predicted molar refractivity (Wildman–Crippen MR) is 81.1 cm³/mol. The van der Waals surface area contributed by atoms with Crippen LogP contribution in [0.4, 0.5) is 0 Å². The number of amides is 1. The van der Waals surface area contributed by atoms with Crippen molar-refractivity contribution in [1.29, 1.82) is 0 Å². The zero-order valence-electron chi connectivity index (χ0n) is 13.3. The van der Waals surface area contributed by atoms with E-state index in [9.17, 15) is 25.2 Å². The molecule has 8 heteroatoms. The number of aliphatic hydroxyl groups excluding tert-OH is 5. The number of carbonyl (C=O) groups excluding carboxylic acids is 1. The van der Waals surface area contributed by atoms with Gasteiger partial charge in [-0.25, -0.2) is 0 Å². The fraction of sp³-hybridized carbons (Fsp3) is 0.929. The van der Waals surface area contributed by atoms with Crippen LogP contribution >= 0.6 is 0 Å². The van der Waals surface area contributed by atoms with Crippen LogP contribution in [0.15, 0.2) is 0 Å². The Balaban J connectivity index is 3.76. The number of hydrogen-bond donors (Lipinski definition) is 7. The van der Waals surface area contributed by atoms with Crippen molar-refractivity contribution in [2.45, 2.75) is 51.1 Å². The third-order valence-corrected chi connectivity index (χ3v) is 3.57. The molecular formula is C14H30N2O6. The minimum Gasteiger partial charge on any atom is -0.394 e. The highest BCUT2D eigenvalue weighted by Gasteiger charge is 2.29. The van der Waals surface area contributed by atoms with Crippen LogP contribution in [0.2, 0.25) is 0 Å². The van der Waals surface area contributed by atoms with Crippen LogP contribution in [0.1, 0.15) is 26.7 Å². The Morgan fingerprint density at radius 3 is 2.18 bits per heavy atom. The van der Waals surface area contributed by atoms with Crippen molar-refractivity contribution >= 4 is 5.91 Å². The molecule has 132 valence electrons. The van der Waals surface area contributed by atoms with Gasteiger partial charge in [0.15, 0.2) is 0 Å². The van der Waals surface area contributed by atoms with Crippen LogP contribution in [-0.2, 0) is 4.79 Å². The molecular weight excluding hydrogens is 292 g/mol. The molecule has 5 atom stereocenters. The maximum absolute atomic E-state index is 11.5. The van der Waals surface area contributed by atoms with Crippen molar-refractivity contribution in [3.8, 4) is 0 Å². The van der Waals surface area contributed by atoms with E-state index in [2.05, 4.69) is 10.6 Å². The van der Waals surface area contributed by atoms with Crippen molar-refractivity contribution in [3.63, 3.8) is 0 Å². The molecule has 1 amide bonds. The summed E-state index contributed by atoms with van der Waals surface area (Å²) >= 11 is 0. The van der Waals surface area contributed by atoms with Crippen molar-refractivity contribution in [1.82, 2.24) is 10.6 Å². The van der Waals surface area contributed by atoms with Crippen LogP contribution in [0.5, 0.6) is 0 Å². The standard InChI is InChI=1S/C14H30N2O6/c1-3-9(2)14(22)16-6-4-5-15-7-10(18)12(20)13(21)11(19)8-17/h9-13,15,17-21H,3-8H2,1-2H3,(H,16,22). The first-order valence-corrected chi connectivity index (χ1v) is 7.66. The molecule has 8 nitrogen and oxygen atoms in total. The monoisotopic (exact) mass is 322 g/mol. The van der Waals surface area contributed by atoms with E-state index >= 15 is 0 Å². The molecule has 0 radical (unpaired) electrons. The molecule has 0 aromatic carbocycles. The summed E-state index contributed by atoms with van der Waals surface area (Å²) in [5.41, 5.74) is 0. The largest absolute Gasteiger partial charge is 0.394 e. The molecule has 0 aromatic heterocycles. The molecule has 0 spiro atoms. The average Bonchev–Trinajstić information content (AvgIpc) is 2.54. The first-order chi connectivity index (χ1) is 10.3. The van der Waals surface area contributed by atoms with Crippen molar-refractivity contribution < 1.29 is 30.3 Å². The van der Waals surface area contributed by atoms with Gasteiger partial charge in [0, 0.05) is 19.0 Å². The summed E-state index contributed by atoms with van der Waals surface area (Å²) in [5, 5.41) is 52.2. The Hall–Kier alpha value is -0.770. The second-order valence-electron chi connectivity index (χ2n) is 5.46. The van der Waals surface area contributed by atoms with Crippen molar-refractivity contribution in [2.75, 3.05) is 26.2 Å². The van der Waals surface area contributed by atoms with E-state index in [1.807, 2.05) is 13.8 Å². The van der Waals surface area contributed by atoms with Gasteiger partial charge in [0.25, 0.3) is 0 Å². The van der Waals surface area contributed by atoms with Crippen LogP contribution in [0.3, 0.4) is 0 Å². The van der Waals surface area contributed by atoms with Crippen LogP contribution < -0.4 is 10.6 Å². The summed E-state index contributed by atoms with van der Waals surface area (Å²) < 4.78 is 0. The molecule has 0 rings (SSSR count). The van der Waals surface area contributed by atoms with Gasteiger partial charge in [-0.15, -0.1) is 0 Å². The Bertz CT molecular complexity index is 305. The van der Waals surface area contributed by atoms with Gasteiger partial charge in [-0.1, -0.05) is 13.8 Å². The summed E-state index contributed by atoms with van der Waals surface area (Å²) in [6.45, 7) is 4.16. The normalized spacial score (nSPS) is 18.3. The Morgan fingerprint density at radius 1 is 1.05 bits per heavy atom. The molecule has 0 bridgehead atoms. The maximum atomic E-state index is 11.5. The van der Waals surface area contributed by atoms with E-state index in [1.165, 1.54) is 0 Å². The van der Waals surface area contributed by atoms with E-state index < -0.39 is 31.0 Å².